The Bertz CT molecular complexity index is 529. The summed E-state index contributed by atoms with van der Waals surface area (Å²) in [7, 11) is 2.11. The molecule has 2 saturated heterocycles. The molecule has 22 heavy (non-hydrogen) atoms. The highest BCUT2D eigenvalue weighted by Crippen LogP contribution is 2.30. The molecule has 1 N–H and O–H groups in total. The fraction of sp³-hybridized carbons (Fsp3) is 0.562. The lowest BCUT2D eigenvalue weighted by Crippen LogP contribution is -2.48. The van der Waals surface area contributed by atoms with Gasteiger partial charge in [0.25, 0.3) is 0 Å². The molecule has 1 amide bonds. The number of nitrogens with zero attached hydrogens (tertiary/aromatic N) is 3. The van der Waals surface area contributed by atoms with E-state index in [4.69, 9.17) is 9.84 Å². The van der Waals surface area contributed by atoms with Crippen molar-refractivity contribution in [2.45, 2.75) is 12.5 Å². The third-order valence-electron chi connectivity index (χ3n) is 4.40. The maximum Gasteiger partial charge on any atom is 0.407 e. The Morgan fingerprint density at radius 1 is 1.18 bits per heavy atom. The van der Waals surface area contributed by atoms with Gasteiger partial charge in [-0.3, -0.25) is 0 Å². The third kappa shape index (κ3) is 3.27. The predicted octanol–water partition coefficient (Wildman–Crippen LogP) is 1.57. The molecule has 1 aromatic carbocycles. The molecule has 0 saturated carbocycles. The molecule has 1 atom stereocenters. The minimum Gasteiger partial charge on any atom is -0.487 e. The highest BCUT2D eigenvalue weighted by atomic mass is 16.5. The second-order valence-corrected chi connectivity index (χ2v) is 6.02. The fourth-order valence-corrected chi connectivity index (χ4v) is 3.13. The van der Waals surface area contributed by atoms with E-state index >= 15 is 0 Å². The van der Waals surface area contributed by atoms with Gasteiger partial charge in [0.2, 0.25) is 0 Å². The third-order valence-corrected chi connectivity index (χ3v) is 4.40. The van der Waals surface area contributed by atoms with Gasteiger partial charge in [-0.2, -0.15) is 0 Å². The first-order valence-corrected chi connectivity index (χ1v) is 7.80. The zero-order valence-electron chi connectivity index (χ0n) is 12.9. The van der Waals surface area contributed by atoms with Crippen LogP contribution in [0.1, 0.15) is 6.42 Å². The van der Waals surface area contributed by atoms with Gasteiger partial charge in [0.05, 0.1) is 5.69 Å². The largest absolute Gasteiger partial charge is 0.487 e. The minimum atomic E-state index is -0.835. The van der Waals surface area contributed by atoms with Crippen LogP contribution >= 0.6 is 0 Å². The summed E-state index contributed by atoms with van der Waals surface area (Å²) in [6.45, 7) is 4.52. The summed E-state index contributed by atoms with van der Waals surface area (Å²) in [5.74, 6) is 0.909. The maximum atomic E-state index is 11.0. The molecular weight excluding hydrogens is 282 g/mol. The normalized spacial score (nSPS) is 22.9. The summed E-state index contributed by atoms with van der Waals surface area (Å²) in [6, 6.07) is 8.07. The Labute approximate surface area is 130 Å². The van der Waals surface area contributed by atoms with Gasteiger partial charge in [0, 0.05) is 39.3 Å². The zero-order valence-corrected chi connectivity index (χ0v) is 12.9. The van der Waals surface area contributed by atoms with Gasteiger partial charge in [-0.1, -0.05) is 12.1 Å². The number of para-hydroxylation sites is 2. The average molecular weight is 305 g/mol. The summed E-state index contributed by atoms with van der Waals surface area (Å²) < 4.78 is 6.19. The number of likely N-dealkylation sites (N-methyl/N-ethyl adjacent to an activating group) is 1. The molecule has 2 fully saturated rings. The summed E-state index contributed by atoms with van der Waals surface area (Å²) >= 11 is 0. The molecule has 3 rings (SSSR count). The summed E-state index contributed by atoms with van der Waals surface area (Å²) in [6.07, 6.45) is 0.460. The molecule has 0 spiro atoms. The van der Waals surface area contributed by atoms with E-state index < -0.39 is 6.09 Å². The number of piperazine rings is 1. The molecule has 0 radical (unpaired) electrons. The standard InChI is InChI=1S/C16H23N3O3/c1-17-7-6-13(12-17)22-15-5-3-2-4-14(15)18-8-10-19(11-9-18)16(20)21/h2-5,13H,6-12H2,1H3,(H,20,21). The van der Waals surface area contributed by atoms with E-state index in [1.807, 2.05) is 18.2 Å². The van der Waals surface area contributed by atoms with Gasteiger partial charge in [0.1, 0.15) is 11.9 Å². The van der Waals surface area contributed by atoms with Crippen LogP contribution in [0.2, 0.25) is 0 Å². The predicted molar refractivity (Wildman–Crippen MR) is 84.8 cm³/mol. The van der Waals surface area contributed by atoms with Gasteiger partial charge in [-0.25, -0.2) is 4.79 Å². The number of anilines is 1. The Morgan fingerprint density at radius 2 is 1.91 bits per heavy atom. The molecule has 1 aromatic rings. The highest BCUT2D eigenvalue weighted by molar-refractivity contribution is 5.66. The minimum absolute atomic E-state index is 0.242. The number of ether oxygens (including phenoxy) is 1. The molecule has 0 aromatic heterocycles. The van der Waals surface area contributed by atoms with E-state index in [2.05, 4.69) is 22.9 Å². The molecule has 0 bridgehead atoms. The second-order valence-electron chi connectivity index (χ2n) is 6.02. The molecule has 1 unspecified atom stereocenters. The average Bonchev–Trinajstić information content (AvgIpc) is 2.93. The fourth-order valence-electron chi connectivity index (χ4n) is 3.13. The first kappa shape index (κ1) is 15.0. The van der Waals surface area contributed by atoms with E-state index in [-0.39, 0.29) is 6.10 Å². The van der Waals surface area contributed by atoms with Crippen LogP contribution < -0.4 is 9.64 Å². The number of amides is 1. The Morgan fingerprint density at radius 3 is 2.55 bits per heavy atom. The number of hydrogen-bond donors (Lipinski definition) is 1. The smallest absolute Gasteiger partial charge is 0.407 e. The summed E-state index contributed by atoms with van der Waals surface area (Å²) in [5.41, 5.74) is 1.07. The lowest BCUT2D eigenvalue weighted by molar-refractivity contribution is 0.142. The number of likely N-dealkylation sites (tertiary alicyclic amines) is 1. The lowest BCUT2D eigenvalue weighted by atomic mass is 10.2. The summed E-state index contributed by atoms with van der Waals surface area (Å²) in [5, 5.41) is 9.04. The number of hydrogen-bond acceptors (Lipinski definition) is 4. The Kier molecular flexibility index (Phi) is 4.38. The lowest BCUT2D eigenvalue weighted by Gasteiger charge is -2.35. The van der Waals surface area contributed by atoms with Crippen molar-refractivity contribution >= 4 is 11.8 Å². The maximum absolute atomic E-state index is 11.0. The van der Waals surface area contributed by atoms with Crippen LogP contribution in [0.5, 0.6) is 5.75 Å². The highest BCUT2D eigenvalue weighted by Gasteiger charge is 2.25. The van der Waals surface area contributed by atoms with Crippen molar-refractivity contribution in [3.63, 3.8) is 0 Å². The second kappa shape index (κ2) is 6.44. The first-order valence-electron chi connectivity index (χ1n) is 7.80. The molecule has 120 valence electrons. The van der Waals surface area contributed by atoms with Crippen LogP contribution in [0.25, 0.3) is 0 Å². The van der Waals surface area contributed by atoms with Crippen LogP contribution in [0, 0.1) is 0 Å². The topological polar surface area (TPSA) is 56.2 Å². The molecular formula is C16H23N3O3. The SMILES string of the molecule is CN1CCC(Oc2ccccc2N2CCN(C(=O)O)CC2)C1. The van der Waals surface area contributed by atoms with Crippen molar-refractivity contribution in [1.29, 1.82) is 0 Å². The van der Waals surface area contributed by atoms with Crippen molar-refractivity contribution in [3.8, 4) is 5.75 Å². The zero-order chi connectivity index (χ0) is 15.5. The van der Waals surface area contributed by atoms with Crippen LogP contribution in [0.15, 0.2) is 24.3 Å². The molecule has 6 nitrogen and oxygen atoms in total. The van der Waals surface area contributed by atoms with E-state index in [9.17, 15) is 4.79 Å². The van der Waals surface area contributed by atoms with Crippen LogP contribution in [0.3, 0.4) is 0 Å². The Balaban J connectivity index is 1.68. The van der Waals surface area contributed by atoms with Crippen molar-refractivity contribution in [3.05, 3.63) is 24.3 Å². The van der Waals surface area contributed by atoms with Crippen LogP contribution in [-0.2, 0) is 0 Å². The van der Waals surface area contributed by atoms with E-state index in [0.29, 0.717) is 26.2 Å². The van der Waals surface area contributed by atoms with Crippen LogP contribution in [-0.4, -0.2) is 73.4 Å². The van der Waals surface area contributed by atoms with Gasteiger partial charge in [0.15, 0.2) is 0 Å². The van der Waals surface area contributed by atoms with Gasteiger partial charge < -0.3 is 24.5 Å². The van der Waals surface area contributed by atoms with Gasteiger partial charge >= 0.3 is 6.09 Å². The molecule has 6 heteroatoms. The van der Waals surface area contributed by atoms with E-state index in [1.165, 1.54) is 4.90 Å². The Hall–Kier alpha value is -1.95. The van der Waals surface area contributed by atoms with Crippen molar-refractivity contribution in [1.82, 2.24) is 9.80 Å². The van der Waals surface area contributed by atoms with Gasteiger partial charge in [-0.05, 0) is 25.6 Å². The van der Waals surface area contributed by atoms with Crippen molar-refractivity contribution < 1.29 is 14.6 Å². The quantitative estimate of drug-likeness (QED) is 0.918. The van der Waals surface area contributed by atoms with Crippen LogP contribution in [0.4, 0.5) is 10.5 Å². The molecule has 2 heterocycles. The molecule has 2 aliphatic heterocycles. The van der Waals surface area contributed by atoms with E-state index in [0.717, 1.165) is 30.9 Å². The monoisotopic (exact) mass is 305 g/mol. The van der Waals surface area contributed by atoms with Gasteiger partial charge in [-0.15, -0.1) is 0 Å². The van der Waals surface area contributed by atoms with E-state index in [1.54, 1.807) is 0 Å². The van der Waals surface area contributed by atoms with Crippen molar-refractivity contribution in [2.24, 2.45) is 0 Å². The molecule has 2 aliphatic rings. The molecule has 0 aliphatic carbocycles. The number of rotatable bonds is 3. The number of carbonyl (C=O) groups is 1. The number of benzene rings is 1. The first-order chi connectivity index (χ1) is 10.6. The van der Waals surface area contributed by atoms with Crippen molar-refractivity contribution in [2.75, 3.05) is 51.2 Å². The number of carboxylic acid groups (broad SMARTS) is 1. The summed E-state index contributed by atoms with van der Waals surface area (Å²) in [4.78, 5) is 17.0.